The highest BCUT2D eigenvalue weighted by molar-refractivity contribution is 7.81. The summed E-state index contributed by atoms with van der Waals surface area (Å²) >= 11 is 0. The molecule has 0 N–H and O–H groups in total. The molecule has 0 aromatic rings. The smallest absolute Gasteiger partial charge is 0.400 e. The molecule has 0 spiro atoms. The normalized spacial score (nSPS) is 22.9. The molecule has 0 radical (unpaired) electrons. The summed E-state index contributed by atoms with van der Waals surface area (Å²) in [7, 11) is -1.01. The van der Waals surface area contributed by atoms with Crippen molar-refractivity contribution in [3.8, 4) is 0 Å². The van der Waals surface area contributed by atoms with Crippen LogP contribution in [0.15, 0.2) is 0 Å². The Hall–Kier alpha value is -1.27. The molecule has 0 unspecified atom stereocenters. The van der Waals surface area contributed by atoms with E-state index in [1.807, 2.05) is 0 Å². The molecule has 1 aliphatic rings. The number of carbonyl (C=O) groups is 2. The zero-order chi connectivity index (χ0) is 16.0. The molecular formula is C10H16O10S. The summed E-state index contributed by atoms with van der Waals surface area (Å²) in [4.78, 5) is 23.1. The Morgan fingerprint density at radius 1 is 1.05 bits per heavy atom. The molecule has 11 heteroatoms. The summed E-state index contributed by atoms with van der Waals surface area (Å²) in [6.07, 6.45) is -2.21. The van der Waals surface area contributed by atoms with Crippen LogP contribution in [-0.4, -0.2) is 67.3 Å². The van der Waals surface area contributed by atoms with Gasteiger partial charge in [0.25, 0.3) is 0 Å². The number of rotatable bonds is 6. The number of ether oxygens (including phenoxy) is 4. The van der Waals surface area contributed by atoms with E-state index in [4.69, 9.17) is 9.47 Å². The summed E-state index contributed by atoms with van der Waals surface area (Å²) in [6.45, 7) is -0.449. The lowest BCUT2D eigenvalue weighted by atomic mass is 10.1. The summed E-state index contributed by atoms with van der Waals surface area (Å²) in [5.41, 5.74) is 0. The lowest BCUT2D eigenvalue weighted by molar-refractivity contribution is -0.238. The quantitative estimate of drug-likeness (QED) is 0.424. The minimum atomic E-state index is -4.14. The van der Waals surface area contributed by atoms with Crippen LogP contribution in [-0.2, 0) is 47.3 Å². The molecular weight excluding hydrogens is 312 g/mol. The molecule has 122 valence electrons. The van der Waals surface area contributed by atoms with Gasteiger partial charge in [-0.2, -0.15) is 8.42 Å². The van der Waals surface area contributed by atoms with Crippen LogP contribution in [0.25, 0.3) is 0 Å². The number of methoxy groups -OCH3 is 2. The summed E-state index contributed by atoms with van der Waals surface area (Å²) in [6, 6.07) is 0. The van der Waals surface area contributed by atoms with E-state index < -0.39 is 40.6 Å². The van der Waals surface area contributed by atoms with E-state index in [1.54, 1.807) is 0 Å². The Morgan fingerprint density at radius 3 is 1.90 bits per heavy atom. The van der Waals surface area contributed by atoms with Crippen LogP contribution in [0.5, 0.6) is 0 Å². The molecule has 1 aliphatic heterocycles. The first-order valence-electron chi connectivity index (χ1n) is 5.72. The van der Waals surface area contributed by atoms with E-state index in [0.29, 0.717) is 0 Å². The molecule has 0 saturated carbocycles. The average molecular weight is 328 g/mol. The molecule has 0 bridgehead atoms. The highest BCUT2D eigenvalue weighted by Gasteiger charge is 2.42. The van der Waals surface area contributed by atoms with Gasteiger partial charge in [-0.15, -0.1) is 0 Å². The second kappa shape index (κ2) is 7.66. The molecule has 10 nitrogen and oxygen atoms in total. The van der Waals surface area contributed by atoms with Gasteiger partial charge in [-0.05, 0) is 0 Å². The van der Waals surface area contributed by atoms with Gasteiger partial charge in [0.2, 0.25) is 5.92 Å². The molecule has 1 rings (SSSR count). The monoisotopic (exact) mass is 328 g/mol. The SMILES string of the molecule is COC(=O)C(C(=O)OC)C1OCC(OS(=O)(=O)OC)CO1. The van der Waals surface area contributed by atoms with Crippen LogP contribution in [0, 0.1) is 5.92 Å². The van der Waals surface area contributed by atoms with Gasteiger partial charge in [0.05, 0.1) is 34.5 Å². The molecule has 1 saturated heterocycles. The molecule has 0 amide bonds. The molecule has 1 heterocycles. The second-order valence-corrected chi connectivity index (χ2v) is 5.19. The van der Waals surface area contributed by atoms with Crippen LogP contribution >= 0.6 is 0 Å². The molecule has 21 heavy (non-hydrogen) atoms. The van der Waals surface area contributed by atoms with Gasteiger partial charge in [0, 0.05) is 0 Å². The highest BCUT2D eigenvalue weighted by Crippen LogP contribution is 2.20. The van der Waals surface area contributed by atoms with Gasteiger partial charge in [0.15, 0.2) is 6.29 Å². The van der Waals surface area contributed by atoms with Crippen molar-refractivity contribution in [2.45, 2.75) is 12.4 Å². The third kappa shape index (κ3) is 4.89. The predicted molar refractivity (Wildman–Crippen MR) is 64.0 cm³/mol. The van der Waals surface area contributed by atoms with Crippen LogP contribution in [0.4, 0.5) is 0 Å². The van der Waals surface area contributed by atoms with Crippen molar-refractivity contribution < 1.29 is 45.3 Å². The molecule has 1 fully saturated rings. The first-order chi connectivity index (χ1) is 9.84. The van der Waals surface area contributed by atoms with Crippen LogP contribution < -0.4 is 0 Å². The zero-order valence-electron chi connectivity index (χ0n) is 11.6. The second-order valence-electron chi connectivity index (χ2n) is 3.85. The maximum atomic E-state index is 11.5. The van der Waals surface area contributed by atoms with E-state index in [0.717, 1.165) is 21.3 Å². The Kier molecular flexibility index (Phi) is 6.48. The maximum Gasteiger partial charge on any atom is 0.400 e. The minimum Gasteiger partial charge on any atom is -0.468 e. The average Bonchev–Trinajstić information content (AvgIpc) is 2.48. The van der Waals surface area contributed by atoms with Crippen LogP contribution in [0.3, 0.4) is 0 Å². The van der Waals surface area contributed by atoms with Crippen molar-refractivity contribution in [3.63, 3.8) is 0 Å². The standard InChI is InChI=1S/C10H16O10S/c1-15-8(11)7(9(12)16-2)10-18-4-6(5-19-10)20-21(13,14)17-3/h6-7,10H,4-5H2,1-3H3. The van der Waals surface area contributed by atoms with Gasteiger partial charge in [-0.25, -0.2) is 4.18 Å². The van der Waals surface area contributed by atoms with E-state index in [1.165, 1.54) is 0 Å². The predicted octanol–water partition coefficient (Wildman–Crippen LogP) is -1.40. The van der Waals surface area contributed by atoms with Crippen LogP contribution in [0.1, 0.15) is 0 Å². The number of carbonyl (C=O) groups excluding carboxylic acids is 2. The Balaban J connectivity index is 2.65. The minimum absolute atomic E-state index is 0.224. The van der Waals surface area contributed by atoms with Gasteiger partial charge in [-0.3, -0.25) is 13.8 Å². The number of esters is 2. The fraction of sp³-hybridized carbons (Fsp3) is 0.800. The molecule has 0 aromatic heterocycles. The van der Waals surface area contributed by atoms with Crippen molar-refractivity contribution in [1.82, 2.24) is 0 Å². The summed E-state index contributed by atoms with van der Waals surface area (Å²) < 4.78 is 50.1. The van der Waals surface area contributed by atoms with E-state index in [9.17, 15) is 18.0 Å². The molecule has 0 atom stereocenters. The summed E-state index contributed by atoms with van der Waals surface area (Å²) in [5.74, 6) is -3.22. The lowest BCUT2D eigenvalue weighted by Gasteiger charge is -2.31. The van der Waals surface area contributed by atoms with Crippen molar-refractivity contribution >= 4 is 22.3 Å². The van der Waals surface area contributed by atoms with Gasteiger partial charge in [-0.1, -0.05) is 0 Å². The third-order valence-electron chi connectivity index (χ3n) is 2.53. The third-order valence-corrected chi connectivity index (χ3v) is 3.45. The highest BCUT2D eigenvalue weighted by atomic mass is 32.3. The first kappa shape index (κ1) is 17.8. The van der Waals surface area contributed by atoms with Crippen molar-refractivity contribution in [2.75, 3.05) is 34.5 Å². The number of hydrogen-bond donors (Lipinski definition) is 0. The first-order valence-corrected chi connectivity index (χ1v) is 7.05. The van der Waals surface area contributed by atoms with Gasteiger partial charge >= 0.3 is 22.3 Å². The maximum absolute atomic E-state index is 11.5. The van der Waals surface area contributed by atoms with Crippen molar-refractivity contribution in [2.24, 2.45) is 5.92 Å². The van der Waals surface area contributed by atoms with Crippen molar-refractivity contribution in [1.29, 1.82) is 0 Å². The van der Waals surface area contributed by atoms with E-state index in [2.05, 4.69) is 17.8 Å². The Morgan fingerprint density at radius 2 is 1.52 bits per heavy atom. The Bertz CT molecular complexity index is 448. The van der Waals surface area contributed by atoms with Gasteiger partial charge < -0.3 is 18.9 Å². The fourth-order valence-electron chi connectivity index (χ4n) is 1.53. The fourth-order valence-corrected chi connectivity index (χ4v) is 2.05. The van der Waals surface area contributed by atoms with E-state index in [-0.39, 0.29) is 13.2 Å². The zero-order valence-corrected chi connectivity index (χ0v) is 12.5. The molecule has 0 aliphatic carbocycles. The topological polar surface area (TPSA) is 124 Å². The summed E-state index contributed by atoms with van der Waals surface area (Å²) in [5, 5.41) is 0. The number of hydrogen-bond acceptors (Lipinski definition) is 10. The largest absolute Gasteiger partial charge is 0.468 e. The molecule has 0 aromatic carbocycles. The van der Waals surface area contributed by atoms with Crippen molar-refractivity contribution in [3.05, 3.63) is 0 Å². The lowest BCUT2D eigenvalue weighted by Crippen LogP contribution is -2.47. The van der Waals surface area contributed by atoms with E-state index >= 15 is 0 Å². The van der Waals surface area contributed by atoms with Crippen LogP contribution in [0.2, 0.25) is 0 Å². The van der Waals surface area contributed by atoms with Gasteiger partial charge in [0.1, 0.15) is 6.10 Å². The Labute approximate surface area is 121 Å².